The van der Waals surface area contributed by atoms with Crippen molar-refractivity contribution < 1.29 is 0 Å². The van der Waals surface area contributed by atoms with Gasteiger partial charge in [0.1, 0.15) is 0 Å². The fraction of sp³-hybridized carbons (Fsp3) is 1.00. The maximum atomic E-state index is 5.79. The SMILES string of the molecule is CCC1CN(C[C@@H](C)N)CCN1C. The summed E-state index contributed by atoms with van der Waals surface area (Å²) in [5.74, 6) is 0. The maximum Gasteiger partial charge on any atom is 0.0218 e. The van der Waals surface area contributed by atoms with Crippen LogP contribution in [0.2, 0.25) is 0 Å². The summed E-state index contributed by atoms with van der Waals surface area (Å²) in [7, 11) is 2.22. The summed E-state index contributed by atoms with van der Waals surface area (Å²) in [5, 5.41) is 0. The molecule has 0 radical (unpaired) electrons. The lowest BCUT2D eigenvalue weighted by atomic mass is 10.1. The minimum atomic E-state index is 0.306. The largest absolute Gasteiger partial charge is 0.327 e. The smallest absolute Gasteiger partial charge is 0.0218 e. The molecule has 3 heteroatoms. The van der Waals surface area contributed by atoms with E-state index in [1.807, 2.05) is 0 Å². The standard InChI is InChI=1S/C10H23N3/c1-4-10-8-13(7-9(2)11)6-5-12(10)3/h9-10H,4-8,11H2,1-3H3/t9-,10?/m1/s1. The van der Waals surface area contributed by atoms with Gasteiger partial charge in [0.15, 0.2) is 0 Å². The quantitative estimate of drug-likeness (QED) is 0.689. The molecule has 0 bridgehead atoms. The van der Waals surface area contributed by atoms with Crippen LogP contribution in [0, 0.1) is 0 Å². The molecule has 0 aromatic heterocycles. The van der Waals surface area contributed by atoms with E-state index < -0.39 is 0 Å². The topological polar surface area (TPSA) is 32.5 Å². The van der Waals surface area contributed by atoms with E-state index in [1.165, 1.54) is 26.1 Å². The molecule has 1 rings (SSSR count). The Kier molecular flexibility index (Phi) is 4.16. The van der Waals surface area contributed by atoms with Gasteiger partial charge in [-0.3, -0.25) is 4.90 Å². The lowest BCUT2D eigenvalue weighted by Crippen LogP contribution is -2.53. The summed E-state index contributed by atoms with van der Waals surface area (Å²) in [6.07, 6.45) is 1.24. The number of likely N-dealkylation sites (N-methyl/N-ethyl adjacent to an activating group) is 1. The third-order valence-corrected chi connectivity index (χ3v) is 2.88. The van der Waals surface area contributed by atoms with E-state index >= 15 is 0 Å². The molecular weight excluding hydrogens is 162 g/mol. The summed E-state index contributed by atoms with van der Waals surface area (Å²) in [6, 6.07) is 1.04. The summed E-state index contributed by atoms with van der Waals surface area (Å²) in [5.41, 5.74) is 5.79. The van der Waals surface area contributed by atoms with E-state index in [0.717, 1.165) is 12.6 Å². The first-order valence-electron chi connectivity index (χ1n) is 5.31. The van der Waals surface area contributed by atoms with Crippen LogP contribution in [0.25, 0.3) is 0 Å². The van der Waals surface area contributed by atoms with Crippen molar-refractivity contribution in [3.8, 4) is 0 Å². The lowest BCUT2D eigenvalue weighted by Gasteiger charge is -2.39. The Labute approximate surface area is 81.9 Å². The summed E-state index contributed by atoms with van der Waals surface area (Å²) < 4.78 is 0. The molecule has 1 fully saturated rings. The first-order chi connectivity index (χ1) is 6.13. The number of nitrogens with two attached hydrogens (primary N) is 1. The number of hydrogen-bond acceptors (Lipinski definition) is 3. The molecule has 2 atom stereocenters. The zero-order valence-corrected chi connectivity index (χ0v) is 9.16. The second kappa shape index (κ2) is 4.94. The minimum absolute atomic E-state index is 0.306. The molecule has 0 saturated carbocycles. The molecule has 1 heterocycles. The highest BCUT2D eigenvalue weighted by atomic mass is 15.3. The van der Waals surface area contributed by atoms with Crippen LogP contribution < -0.4 is 5.73 Å². The van der Waals surface area contributed by atoms with Crippen molar-refractivity contribution in [2.75, 3.05) is 33.2 Å². The van der Waals surface area contributed by atoms with Crippen molar-refractivity contribution in [3.63, 3.8) is 0 Å². The van der Waals surface area contributed by atoms with Crippen LogP contribution in [0.5, 0.6) is 0 Å². The van der Waals surface area contributed by atoms with Gasteiger partial charge in [0, 0.05) is 38.3 Å². The molecule has 0 aromatic carbocycles. The highest BCUT2D eigenvalue weighted by molar-refractivity contribution is 4.80. The predicted molar refractivity (Wildman–Crippen MR) is 56.8 cm³/mol. The van der Waals surface area contributed by atoms with Gasteiger partial charge in [-0.05, 0) is 20.4 Å². The van der Waals surface area contributed by atoms with Crippen molar-refractivity contribution in [1.29, 1.82) is 0 Å². The Bertz CT molecular complexity index is 147. The number of piperazine rings is 1. The van der Waals surface area contributed by atoms with E-state index in [0.29, 0.717) is 6.04 Å². The second-order valence-electron chi connectivity index (χ2n) is 4.28. The van der Waals surface area contributed by atoms with E-state index in [1.54, 1.807) is 0 Å². The zero-order valence-electron chi connectivity index (χ0n) is 9.16. The van der Waals surface area contributed by atoms with Crippen molar-refractivity contribution >= 4 is 0 Å². The first kappa shape index (κ1) is 11.0. The molecular formula is C10H23N3. The van der Waals surface area contributed by atoms with Gasteiger partial charge in [0.25, 0.3) is 0 Å². The lowest BCUT2D eigenvalue weighted by molar-refractivity contribution is 0.0902. The summed E-state index contributed by atoms with van der Waals surface area (Å²) >= 11 is 0. The summed E-state index contributed by atoms with van der Waals surface area (Å²) in [6.45, 7) is 8.94. The Balaban J connectivity index is 2.36. The van der Waals surface area contributed by atoms with Gasteiger partial charge >= 0.3 is 0 Å². The molecule has 0 aliphatic carbocycles. The van der Waals surface area contributed by atoms with Gasteiger partial charge in [-0.15, -0.1) is 0 Å². The third-order valence-electron chi connectivity index (χ3n) is 2.88. The van der Waals surface area contributed by atoms with Crippen LogP contribution in [0.3, 0.4) is 0 Å². The van der Waals surface area contributed by atoms with Crippen molar-refractivity contribution in [2.24, 2.45) is 5.73 Å². The Morgan fingerprint density at radius 3 is 2.69 bits per heavy atom. The van der Waals surface area contributed by atoms with Gasteiger partial charge in [-0.25, -0.2) is 0 Å². The predicted octanol–water partition coefficient (Wildman–Crippen LogP) is 0.360. The van der Waals surface area contributed by atoms with Crippen LogP contribution in [0.4, 0.5) is 0 Å². The highest BCUT2D eigenvalue weighted by Crippen LogP contribution is 2.10. The maximum absolute atomic E-state index is 5.79. The molecule has 1 saturated heterocycles. The van der Waals surface area contributed by atoms with Crippen LogP contribution in [-0.2, 0) is 0 Å². The van der Waals surface area contributed by atoms with Gasteiger partial charge in [-0.1, -0.05) is 6.92 Å². The fourth-order valence-electron chi connectivity index (χ4n) is 2.02. The first-order valence-corrected chi connectivity index (χ1v) is 5.31. The molecule has 1 unspecified atom stereocenters. The van der Waals surface area contributed by atoms with Gasteiger partial charge < -0.3 is 10.6 Å². The molecule has 0 aromatic rings. The average Bonchev–Trinajstić information content (AvgIpc) is 2.07. The van der Waals surface area contributed by atoms with E-state index in [4.69, 9.17) is 5.73 Å². The fourth-order valence-corrected chi connectivity index (χ4v) is 2.02. The third kappa shape index (κ3) is 3.25. The van der Waals surface area contributed by atoms with E-state index in [9.17, 15) is 0 Å². The Hall–Kier alpha value is -0.120. The van der Waals surface area contributed by atoms with Crippen LogP contribution in [-0.4, -0.2) is 55.1 Å². The number of hydrogen-bond donors (Lipinski definition) is 1. The van der Waals surface area contributed by atoms with Crippen molar-refractivity contribution in [1.82, 2.24) is 9.80 Å². The van der Waals surface area contributed by atoms with Crippen molar-refractivity contribution in [3.05, 3.63) is 0 Å². The zero-order chi connectivity index (χ0) is 9.84. The highest BCUT2D eigenvalue weighted by Gasteiger charge is 2.22. The molecule has 0 amide bonds. The van der Waals surface area contributed by atoms with Gasteiger partial charge in [-0.2, -0.15) is 0 Å². The average molecular weight is 185 g/mol. The van der Waals surface area contributed by atoms with E-state index in [2.05, 4.69) is 30.7 Å². The monoisotopic (exact) mass is 185 g/mol. The minimum Gasteiger partial charge on any atom is -0.327 e. The van der Waals surface area contributed by atoms with Gasteiger partial charge in [0.05, 0.1) is 0 Å². The van der Waals surface area contributed by atoms with Crippen LogP contribution in [0.15, 0.2) is 0 Å². The number of rotatable bonds is 3. The van der Waals surface area contributed by atoms with E-state index in [-0.39, 0.29) is 0 Å². The Morgan fingerprint density at radius 1 is 1.46 bits per heavy atom. The normalized spacial score (nSPS) is 29.1. The number of nitrogens with zero attached hydrogens (tertiary/aromatic N) is 2. The molecule has 3 nitrogen and oxygen atoms in total. The van der Waals surface area contributed by atoms with Crippen LogP contribution in [0.1, 0.15) is 20.3 Å². The molecule has 1 aliphatic rings. The van der Waals surface area contributed by atoms with Crippen LogP contribution >= 0.6 is 0 Å². The summed E-state index contributed by atoms with van der Waals surface area (Å²) in [4.78, 5) is 4.94. The molecule has 1 aliphatic heterocycles. The molecule has 0 spiro atoms. The Morgan fingerprint density at radius 2 is 2.15 bits per heavy atom. The van der Waals surface area contributed by atoms with Crippen molar-refractivity contribution in [2.45, 2.75) is 32.4 Å². The molecule has 78 valence electrons. The van der Waals surface area contributed by atoms with Gasteiger partial charge in [0.2, 0.25) is 0 Å². The molecule has 2 N–H and O–H groups in total. The second-order valence-corrected chi connectivity index (χ2v) is 4.28. The molecule has 13 heavy (non-hydrogen) atoms.